The molecule has 1 atom stereocenters. The number of carbonyl (C=O) groups is 5. The van der Waals surface area contributed by atoms with Gasteiger partial charge < -0.3 is 35.1 Å². The summed E-state index contributed by atoms with van der Waals surface area (Å²) < 4.78 is 7.26. The molecule has 14 nitrogen and oxygen atoms in total. The van der Waals surface area contributed by atoms with Gasteiger partial charge in [-0.2, -0.15) is 0 Å². The van der Waals surface area contributed by atoms with Crippen LogP contribution in [0.2, 0.25) is 0 Å². The first-order chi connectivity index (χ1) is 16.7. The number of Topliss-reactive ketones (excluding diaryl/α,β-unsaturated/α-hetero) is 1. The van der Waals surface area contributed by atoms with Crippen LogP contribution in [-0.2, 0) is 37.5 Å². The molecule has 0 aliphatic rings. The first kappa shape index (κ1) is 26.9. The molecule has 0 aromatic carbocycles. The summed E-state index contributed by atoms with van der Waals surface area (Å²) in [7, 11) is 4.28. The third-order valence-corrected chi connectivity index (χ3v) is 4.82. The number of aromatic nitrogens is 3. The normalized spacial score (nSPS) is 11.3. The molecule has 0 spiro atoms. The van der Waals surface area contributed by atoms with Crippen LogP contribution < -0.4 is 26.8 Å². The number of amides is 4. The maximum atomic E-state index is 13.0. The van der Waals surface area contributed by atoms with Gasteiger partial charge in [0.05, 0.1) is 12.5 Å². The molecule has 35 heavy (non-hydrogen) atoms. The van der Waals surface area contributed by atoms with Gasteiger partial charge in [0.15, 0.2) is 0 Å². The standard InChI is InChI=1S/C21H27N7O7/c1-22-20(33)16(29)7-6-13(25-19(32)15-9-23-11-27(15)2)18(31)26-14-5-4-8-28(21(14)34)10-17(30)24-12-35-3/h4-5,8-9,11,13H,6-7,10,12H2,1-3H3,(H,22,33)(H,24,30)(H,25,32)(H,26,31). The van der Waals surface area contributed by atoms with Gasteiger partial charge in [-0.05, 0) is 18.6 Å². The van der Waals surface area contributed by atoms with Crippen molar-refractivity contribution in [3.05, 3.63) is 46.9 Å². The highest BCUT2D eigenvalue weighted by Gasteiger charge is 2.25. The molecular weight excluding hydrogens is 462 g/mol. The van der Waals surface area contributed by atoms with E-state index in [2.05, 4.69) is 26.3 Å². The highest BCUT2D eigenvalue weighted by atomic mass is 16.5. The van der Waals surface area contributed by atoms with Gasteiger partial charge in [0.1, 0.15) is 30.7 Å². The number of ketones is 1. The molecule has 4 N–H and O–H groups in total. The molecule has 0 aliphatic heterocycles. The Kier molecular flexibility index (Phi) is 9.84. The summed E-state index contributed by atoms with van der Waals surface area (Å²) >= 11 is 0. The topological polar surface area (TPSA) is 183 Å². The van der Waals surface area contributed by atoms with E-state index in [1.165, 1.54) is 49.6 Å². The van der Waals surface area contributed by atoms with Crippen LogP contribution in [-0.4, -0.2) is 70.5 Å². The molecule has 4 amide bonds. The zero-order valence-electron chi connectivity index (χ0n) is 19.5. The molecule has 0 aliphatic carbocycles. The average Bonchev–Trinajstić information content (AvgIpc) is 3.27. The van der Waals surface area contributed by atoms with E-state index >= 15 is 0 Å². The minimum Gasteiger partial charge on any atom is -0.364 e. The predicted molar refractivity (Wildman–Crippen MR) is 122 cm³/mol. The van der Waals surface area contributed by atoms with Gasteiger partial charge in [0.2, 0.25) is 17.6 Å². The van der Waals surface area contributed by atoms with E-state index in [9.17, 15) is 28.8 Å². The number of imidazole rings is 1. The van der Waals surface area contributed by atoms with E-state index in [0.29, 0.717) is 0 Å². The highest BCUT2D eigenvalue weighted by molar-refractivity contribution is 6.36. The van der Waals surface area contributed by atoms with Crippen molar-refractivity contribution >= 4 is 35.1 Å². The van der Waals surface area contributed by atoms with Crippen molar-refractivity contribution in [2.45, 2.75) is 25.4 Å². The van der Waals surface area contributed by atoms with E-state index < -0.39 is 41.0 Å². The number of rotatable bonds is 12. The maximum absolute atomic E-state index is 13.0. The zero-order valence-corrected chi connectivity index (χ0v) is 19.5. The molecular formula is C21H27N7O7. The van der Waals surface area contributed by atoms with Crippen LogP contribution in [0.1, 0.15) is 23.3 Å². The number of carbonyl (C=O) groups excluding carboxylic acids is 5. The molecule has 14 heteroatoms. The summed E-state index contributed by atoms with van der Waals surface area (Å²) in [4.78, 5) is 77.5. The summed E-state index contributed by atoms with van der Waals surface area (Å²) in [6, 6.07) is 1.53. The van der Waals surface area contributed by atoms with Gasteiger partial charge in [-0.1, -0.05) is 0 Å². The second-order valence-corrected chi connectivity index (χ2v) is 7.33. The van der Waals surface area contributed by atoms with Crippen molar-refractivity contribution < 1.29 is 28.7 Å². The Labute approximate surface area is 200 Å². The van der Waals surface area contributed by atoms with Crippen molar-refractivity contribution in [2.24, 2.45) is 7.05 Å². The van der Waals surface area contributed by atoms with Gasteiger partial charge in [0, 0.05) is 33.8 Å². The largest absolute Gasteiger partial charge is 0.364 e. The highest BCUT2D eigenvalue weighted by Crippen LogP contribution is 2.07. The quantitative estimate of drug-likeness (QED) is 0.198. The van der Waals surface area contributed by atoms with Crippen molar-refractivity contribution in [1.29, 1.82) is 0 Å². The number of pyridine rings is 1. The number of likely N-dealkylation sites (N-methyl/N-ethyl adjacent to an activating group) is 1. The lowest BCUT2D eigenvalue weighted by Crippen LogP contribution is -2.45. The second-order valence-electron chi connectivity index (χ2n) is 7.33. The average molecular weight is 489 g/mol. The van der Waals surface area contributed by atoms with E-state index in [4.69, 9.17) is 4.74 Å². The SMILES string of the molecule is CNC(=O)C(=O)CCC(NC(=O)c1cncn1C)C(=O)Nc1cccn(CC(=O)NCOC)c1=O. The number of ether oxygens (including phenoxy) is 1. The molecule has 1 unspecified atom stereocenters. The third kappa shape index (κ3) is 7.60. The number of methoxy groups -OCH3 is 1. The Morgan fingerprint density at radius 2 is 1.94 bits per heavy atom. The lowest BCUT2D eigenvalue weighted by atomic mass is 10.1. The van der Waals surface area contributed by atoms with Crippen LogP contribution in [0.4, 0.5) is 5.69 Å². The fourth-order valence-electron chi connectivity index (χ4n) is 2.94. The molecule has 2 aromatic rings. The van der Waals surface area contributed by atoms with E-state index in [1.54, 1.807) is 7.05 Å². The monoisotopic (exact) mass is 489 g/mol. The fraction of sp³-hybridized carbons (Fsp3) is 0.381. The molecule has 0 bridgehead atoms. The van der Waals surface area contributed by atoms with Gasteiger partial charge in [-0.25, -0.2) is 4.98 Å². The number of aryl methyl sites for hydroxylation is 1. The van der Waals surface area contributed by atoms with Crippen LogP contribution in [0.5, 0.6) is 0 Å². The summed E-state index contributed by atoms with van der Waals surface area (Å²) in [6.07, 6.45) is 3.52. The van der Waals surface area contributed by atoms with Crippen LogP contribution in [0, 0.1) is 0 Å². The maximum Gasteiger partial charge on any atom is 0.287 e. The zero-order chi connectivity index (χ0) is 26.0. The number of nitrogens with zero attached hydrogens (tertiary/aromatic N) is 3. The van der Waals surface area contributed by atoms with Gasteiger partial charge in [-0.15, -0.1) is 0 Å². The number of hydrogen-bond acceptors (Lipinski definition) is 8. The Balaban J connectivity index is 2.20. The number of hydrogen-bond donors (Lipinski definition) is 4. The summed E-state index contributed by atoms with van der Waals surface area (Å²) in [5, 5.41) is 9.56. The smallest absolute Gasteiger partial charge is 0.287 e. The number of anilines is 1. The number of nitrogens with one attached hydrogen (secondary N) is 4. The fourth-order valence-corrected chi connectivity index (χ4v) is 2.94. The summed E-state index contributed by atoms with van der Waals surface area (Å²) in [6.45, 7) is -0.343. The van der Waals surface area contributed by atoms with Crippen LogP contribution in [0.3, 0.4) is 0 Å². The molecule has 188 valence electrons. The minimum absolute atomic E-state index is 0.0309. The van der Waals surface area contributed by atoms with Crippen LogP contribution >= 0.6 is 0 Å². The van der Waals surface area contributed by atoms with Crippen molar-refractivity contribution in [1.82, 2.24) is 30.1 Å². The van der Waals surface area contributed by atoms with Crippen LogP contribution in [0.25, 0.3) is 0 Å². The van der Waals surface area contributed by atoms with E-state index in [-0.39, 0.29) is 37.5 Å². The first-order valence-electron chi connectivity index (χ1n) is 10.5. The van der Waals surface area contributed by atoms with Gasteiger partial charge in [0.25, 0.3) is 17.4 Å². The van der Waals surface area contributed by atoms with Crippen LogP contribution in [0.15, 0.2) is 35.6 Å². The summed E-state index contributed by atoms with van der Waals surface area (Å²) in [5.74, 6) is -3.52. The molecule has 2 rings (SSSR count). The lowest BCUT2D eigenvalue weighted by molar-refractivity contribution is -0.137. The molecule has 0 saturated heterocycles. The Morgan fingerprint density at radius 3 is 2.57 bits per heavy atom. The van der Waals surface area contributed by atoms with Gasteiger partial charge >= 0.3 is 0 Å². The molecule has 0 fully saturated rings. The lowest BCUT2D eigenvalue weighted by Gasteiger charge is -2.18. The molecule has 0 radical (unpaired) electrons. The van der Waals surface area contributed by atoms with E-state index in [1.807, 2.05) is 0 Å². The Hall–Kier alpha value is -4.33. The molecule has 2 heterocycles. The van der Waals surface area contributed by atoms with Crippen molar-refractivity contribution in [3.63, 3.8) is 0 Å². The van der Waals surface area contributed by atoms with Gasteiger partial charge in [-0.3, -0.25) is 28.8 Å². The minimum atomic E-state index is -1.26. The third-order valence-electron chi connectivity index (χ3n) is 4.82. The van der Waals surface area contributed by atoms with E-state index in [0.717, 1.165) is 4.57 Å². The Bertz CT molecular complexity index is 1150. The summed E-state index contributed by atoms with van der Waals surface area (Å²) in [5.41, 5.74) is -0.648. The van der Waals surface area contributed by atoms with Crippen molar-refractivity contribution in [2.75, 3.05) is 26.2 Å². The second kappa shape index (κ2) is 12.8. The first-order valence-corrected chi connectivity index (χ1v) is 10.5. The molecule has 2 aromatic heterocycles. The molecule has 0 saturated carbocycles. The predicted octanol–water partition coefficient (Wildman–Crippen LogP) is -1.87. The Morgan fingerprint density at radius 1 is 1.20 bits per heavy atom. The van der Waals surface area contributed by atoms with Crippen molar-refractivity contribution in [3.8, 4) is 0 Å².